The Morgan fingerprint density at radius 2 is 2.07 bits per heavy atom. The van der Waals surface area contributed by atoms with E-state index >= 15 is 0 Å². The Kier molecular flexibility index (Phi) is 7.52. The first-order valence-corrected chi connectivity index (χ1v) is 6.25. The number of nitrogens with one attached hydrogen (secondary N) is 2. The molecule has 0 aromatic rings. The van der Waals surface area contributed by atoms with Gasteiger partial charge in [-0.2, -0.15) is 0 Å². The molecule has 1 heterocycles. The molecular formula is C12H25N3. The SMILES string of the molecule is NCCCCCCNC1CCC=CCN1. The van der Waals surface area contributed by atoms with Crippen LogP contribution in [0.4, 0.5) is 0 Å². The maximum atomic E-state index is 5.44. The van der Waals surface area contributed by atoms with E-state index < -0.39 is 0 Å². The summed E-state index contributed by atoms with van der Waals surface area (Å²) < 4.78 is 0. The van der Waals surface area contributed by atoms with Gasteiger partial charge in [-0.3, -0.25) is 5.32 Å². The van der Waals surface area contributed by atoms with E-state index in [1.54, 1.807) is 0 Å². The normalized spacial score (nSPS) is 21.5. The first kappa shape index (κ1) is 12.7. The van der Waals surface area contributed by atoms with Crippen LogP contribution in [0.5, 0.6) is 0 Å². The third kappa shape index (κ3) is 6.66. The lowest BCUT2D eigenvalue weighted by atomic mass is 10.2. The molecular weight excluding hydrogens is 186 g/mol. The van der Waals surface area contributed by atoms with E-state index in [1.807, 2.05) is 0 Å². The number of allylic oxidation sites excluding steroid dienone is 1. The number of hydrogen-bond acceptors (Lipinski definition) is 3. The van der Waals surface area contributed by atoms with Gasteiger partial charge in [0.05, 0.1) is 6.17 Å². The van der Waals surface area contributed by atoms with Gasteiger partial charge in [-0.05, 0) is 38.8 Å². The van der Waals surface area contributed by atoms with E-state index in [0.29, 0.717) is 6.17 Å². The van der Waals surface area contributed by atoms with Crippen LogP contribution < -0.4 is 16.4 Å². The van der Waals surface area contributed by atoms with Crippen molar-refractivity contribution in [2.24, 2.45) is 5.73 Å². The second kappa shape index (κ2) is 8.89. The molecule has 1 atom stereocenters. The molecule has 0 aromatic carbocycles. The van der Waals surface area contributed by atoms with Crippen molar-refractivity contribution in [3.05, 3.63) is 12.2 Å². The van der Waals surface area contributed by atoms with Gasteiger partial charge in [0.15, 0.2) is 0 Å². The highest BCUT2D eigenvalue weighted by Crippen LogP contribution is 2.01. The third-order valence-electron chi connectivity index (χ3n) is 2.79. The Bertz CT molecular complexity index is 158. The van der Waals surface area contributed by atoms with E-state index in [0.717, 1.165) is 19.6 Å². The number of hydrogen-bond donors (Lipinski definition) is 3. The molecule has 1 aliphatic rings. The molecule has 1 rings (SSSR count). The van der Waals surface area contributed by atoms with Crippen LogP contribution in [-0.4, -0.2) is 25.8 Å². The van der Waals surface area contributed by atoms with Crippen molar-refractivity contribution in [1.82, 2.24) is 10.6 Å². The Morgan fingerprint density at radius 1 is 1.20 bits per heavy atom. The fraction of sp³-hybridized carbons (Fsp3) is 0.833. The summed E-state index contributed by atoms with van der Waals surface area (Å²) in [5.41, 5.74) is 5.44. The summed E-state index contributed by atoms with van der Waals surface area (Å²) in [5.74, 6) is 0. The molecule has 0 saturated carbocycles. The lowest BCUT2D eigenvalue weighted by molar-refractivity contribution is 0.417. The molecule has 0 fully saturated rings. The van der Waals surface area contributed by atoms with E-state index in [1.165, 1.54) is 38.5 Å². The quantitative estimate of drug-likeness (QED) is 0.440. The molecule has 88 valence electrons. The van der Waals surface area contributed by atoms with Crippen LogP contribution in [-0.2, 0) is 0 Å². The predicted molar refractivity (Wildman–Crippen MR) is 65.7 cm³/mol. The first-order valence-electron chi connectivity index (χ1n) is 6.25. The van der Waals surface area contributed by atoms with Gasteiger partial charge in [-0.15, -0.1) is 0 Å². The van der Waals surface area contributed by atoms with Gasteiger partial charge in [0.2, 0.25) is 0 Å². The third-order valence-corrected chi connectivity index (χ3v) is 2.79. The molecule has 3 heteroatoms. The Hall–Kier alpha value is -0.380. The molecule has 0 aliphatic carbocycles. The monoisotopic (exact) mass is 211 g/mol. The Labute approximate surface area is 93.5 Å². The second-order valence-corrected chi connectivity index (χ2v) is 4.17. The maximum Gasteiger partial charge on any atom is 0.0577 e. The van der Waals surface area contributed by atoms with Gasteiger partial charge in [0, 0.05) is 6.54 Å². The fourth-order valence-corrected chi connectivity index (χ4v) is 1.85. The molecule has 15 heavy (non-hydrogen) atoms. The lowest BCUT2D eigenvalue weighted by Crippen LogP contribution is -2.42. The lowest BCUT2D eigenvalue weighted by Gasteiger charge is -2.17. The summed E-state index contributed by atoms with van der Waals surface area (Å²) in [4.78, 5) is 0. The second-order valence-electron chi connectivity index (χ2n) is 4.17. The highest BCUT2D eigenvalue weighted by atomic mass is 15.1. The summed E-state index contributed by atoms with van der Waals surface area (Å²) >= 11 is 0. The van der Waals surface area contributed by atoms with E-state index in [-0.39, 0.29) is 0 Å². The predicted octanol–water partition coefficient (Wildman–Crippen LogP) is 1.36. The molecule has 0 spiro atoms. The summed E-state index contributed by atoms with van der Waals surface area (Å²) in [5, 5.41) is 7.02. The zero-order valence-corrected chi connectivity index (χ0v) is 9.67. The zero-order chi connectivity index (χ0) is 10.8. The number of rotatable bonds is 7. The van der Waals surface area contributed by atoms with Gasteiger partial charge in [-0.25, -0.2) is 0 Å². The largest absolute Gasteiger partial charge is 0.330 e. The average Bonchev–Trinajstić information content (AvgIpc) is 2.52. The van der Waals surface area contributed by atoms with Crippen LogP contribution in [0.25, 0.3) is 0 Å². The standard InChI is InChI=1S/C12H25N3/c13-9-5-1-2-6-10-14-12-8-4-3-7-11-15-12/h3,7,12,14-15H,1-2,4-6,8-11,13H2. The van der Waals surface area contributed by atoms with Gasteiger partial charge in [0.1, 0.15) is 0 Å². The van der Waals surface area contributed by atoms with Gasteiger partial charge in [-0.1, -0.05) is 25.0 Å². The van der Waals surface area contributed by atoms with Gasteiger partial charge < -0.3 is 11.1 Å². The summed E-state index contributed by atoms with van der Waals surface area (Å²) in [7, 11) is 0. The first-order chi connectivity index (χ1) is 7.43. The zero-order valence-electron chi connectivity index (χ0n) is 9.67. The van der Waals surface area contributed by atoms with Crippen LogP contribution >= 0.6 is 0 Å². The van der Waals surface area contributed by atoms with Gasteiger partial charge in [0.25, 0.3) is 0 Å². The molecule has 4 N–H and O–H groups in total. The fourth-order valence-electron chi connectivity index (χ4n) is 1.85. The minimum Gasteiger partial charge on any atom is -0.330 e. The summed E-state index contributed by atoms with van der Waals surface area (Å²) in [6.07, 6.45) is 12.4. The van der Waals surface area contributed by atoms with Gasteiger partial charge >= 0.3 is 0 Å². The minimum atomic E-state index is 0.509. The maximum absolute atomic E-state index is 5.44. The molecule has 1 unspecified atom stereocenters. The molecule has 0 radical (unpaired) electrons. The highest BCUT2D eigenvalue weighted by molar-refractivity contribution is 4.89. The highest BCUT2D eigenvalue weighted by Gasteiger charge is 2.06. The molecule has 0 amide bonds. The van der Waals surface area contributed by atoms with E-state index in [9.17, 15) is 0 Å². The molecule has 0 aromatic heterocycles. The topological polar surface area (TPSA) is 50.1 Å². The average molecular weight is 211 g/mol. The van der Waals surface area contributed by atoms with Crippen molar-refractivity contribution < 1.29 is 0 Å². The molecule has 3 nitrogen and oxygen atoms in total. The van der Waals surface area contributed by atoms with Crippen LogP contribution in [0.15, 0.2) is 12.2 Å². The van der Waals surface area contributed by atoms with Crippen molar-refractivity contribution >= 4 is 0 Å². The Morgan fingerprint density at radius 3 is 2.93 bits per heavy atom. The van der Waals surface area contributed by atoms with Crippen LogP contribution in [0.2, 0.25) is 0 Å². The summed E-state index contributed by atoms with van der Waals surface area (Å²) in [6, 6.07) is 0. The summed E-state index contributed by atoms with van der Waals surface area (Å²) in [6.45, 7) is 2.97. The smallest absolute Gasteiger partial charge is 0.0577 e. The van der Waals surface area contributed by atoms with Crippen molar-refractivity contribution in [1.29, 1.82) is 0 Å². The number of nitrogens with two attached hydrogens (primary N) is 1. The van der Waals surface area contributed by atoms with Crippen molar-refractivity contribution in [3.63, 3.8) is 0 Å². The van der Waals surface area contributed by atoms with Crippen molar-refractivity contribution in [3.8, 4) is 0 Å². The van der Waals surface area contributed by atoms with Crippen LogP contribution in [0.3, 0.4) is 0 Å². The Balaban J connectivity index is 1.90. The van der Waals surface area contributed by atoms with E-state index in [2.05, 4.69) is 22.8 Å². The van der Waals surface area contributed by atoms with Crippen molar-refractivity contribution in [2.75, 3.05) is 19.6 Å². The number of unbranched alkanes of at least 4 members (excludes halogenated alkanes) is 3. The van der Waals surface area contributed by atoms with Crippen molar-refractivity contribution in [2.45, 2.75) is 44.7 Å². The van der Waals surface area contributed by atoms with E-state index in [4.69, 9.17) is 5.73 Å². The molecule has 1 aliphatic heterocycles. The minimum absolute atomic E-state index is 0.509. The molecule has 0 bridgehead atoms. The van der Waals surface area contributed by atoms with Crippen LogP contribution in [0, 0.1) is 0 Å². The van der Waals surface area contributed by atoms with Crippen LogP contribution in [0.1, 0.15) is 38.5 Å². The molecule has 0 saturated heterocycles.